The maximum atomic E-state index is 12.4. The number of ether oxygens (including phenoxy) is 1. The molecule has 0 amide bonds. The van der Waals surface area contributed by atoms with Gasteiger partial charge in [0.15, 0.2) is 0 Å². The van der Waals surface area contributed by atoms with Crippen LogP contribution in [-0.4, -0.2) is 57.4 Å². The zero-order chi connectivity index (χ0) is 17.4. The van der Waals surface area contributed by atoms with E-state index in [9.17, 15) is 8.78 Å². The number of anilines is 1. The van der Waals surface area contributed by atoms with Crippen LogP contribution >= 0.6 is 0 Å². The summed E-state index contributed by atoms with van der Waals surface area (Å²) in [6.45, 7) is 1.65. The molecule has 0 aromatic carbocycles. The number of nitrogens with one attached hydrogen (secondary N) is 1. The molecule has 7 nitrogen and oxygen atoms in total. The number of imidazole rings is 1. The smallest absolute Gasteiger partial charge is 0.320 e. The van der Waals surface area contributed by atoms with E-state index in [1.807, 2.05) is 6.07 Å². The van der Waals surface area contributed by atoms with Gasteiger partial charge in [0.05, 0.1) is 29.8 Å². The molecule has 2 aromatic rings. The van der Waals surface area contributed by atoms with Crippen molar-refractivity contribution in [3.8, 4) is 11.4 Å². The molecule has 0 aliphatic carbocycles. The first-order chi connectivity index (χ1) is 12.1. The standard InChI is InChI=1S/C16H16F2N6O/c17-16(18)11(19)1-2-14-20-5-13(23-14)12-4-15(22-8-21-12)24-6-9-3-10(7-24)25-9/h1-2,4-5,8-10,16,19H,3,6-7H2,(H,20,23)/p+1/b2-1-,19-11?. The molecular formula is C16H17F2N6O+. The van der Waals surface area contributed by atoms with Crippen molar-refractivity contribution in [3.63, 3.8) is 0 Å². The van der Waals surface area contributed by atoms with Crippen LogP contribution in [-0.2, 0) is 4.74 Å². The number of aromatic nitrogens is 4. The van der Waals surface area contributed by atoms with Gasteiger partial charge in [0, 0.05) is 31.7 Å². The second kappa shape index (κ2) is 6.32. The molecule has 2 bridgehead atoms. The Bertz CT molecular complexity index is 804. The van der Waals surface area contributed by atoms with Crippen molar-refractivity contribution >= 4 is 17.6 Å². The molecule has 25 heavy (non-hydrogen) atoms. The van der Waals surface area contributed by atoms with Gasteiger partial charge in [0.25, 0.3) is 0 Å². The minimum Gasteiger partial charge on any atom is -0.371 e. The van der Waals surface area contributed by atoms with Crippen molar-refractivity contribution < 1.29 is 18.9 Å². The first-order valence-corrected chi connectivity index (χ1v) is 7.95. The number of piperidine rings is 1. The third kappa shape index (κ3) is 3.27. The number of halogens is 2. The topological polar surface area (TPSA) is 92.5 Å². The van der Waals surface area contributed by atoms with E-state index in [0.29, 0.717) is 17.2 Å². The normalized spacial score (nSPS) is 22.4. The lowest BCUT2D eigenvalue weighted by Crippen LogP contribution is -2.57. The van der Waals surface area contributed by atoms with Crippen LogP contribution in [0.15, 0.2) is 24.7 Å². The molecule has 9 heteroatoms. The Balaban J connectivity index is 1.50. The fraction of sp³-hybridized carbons (Fsp3) is 0.375. The third-order valence-electron chi connectivity index (χ3n) is 4.29. The number of H-pyrrole nitrogens is 1. The number of fused-ring (bicyclic) bond motifs is 2. The van der Waals surface area contributed by atoms with Crippen LogP contribution in [0.25, 0.3) is 17.5 Å². The average molecular weight is 347 g/mol. The largest absolute Gasteiger partial charge is 0.371 e. The summed E-state index contributed by atoms with van der Waals surface area (Å²) in [7, 11) is 0. The van der Waals surface area contributed by atoms with Gasteiger partial charge in [-0.3, -0.25) is 5.41 Å². The minimum absolute atomic E-state index is 0.289. The van der Waals surface area contributed by atoms with E-state index in [4.69, 9.17) is 10.1 Å². The predicted molar refractivity (Wildman–Crippen MR) is 87.1 cm³/mol. The highest BCUT2D eigenvalue weighted by molar-refractivity contribution is 5.95. The van der Waals surface area contributed by atoms with Crippen LogP contribution in [0.5, 0.6) is 0 Å². The summed E-state index contributed by atoms with van der Waals surface area (Å²) in [5.74, 6) is 1.26. The molecule has 2 unspecified atom stereocenters. The second-order valence-corrected chi connectivity index (χ2v) is 6.10. The van der Waals surface area contributed by atoms with Crippen LogP contribution in [0.3, 0.4) is 0 Å². The number of nitrogens with two attached hydrogens (primary N) is 1. The van der Waals surface area contributed by atoms with Gasteiger partial charge in [-0.1, -0.05) is 0 Å². The quantitative estimate of drug-likeness (QED) is 0.760. The van der Waals surface area contributed by atoms with Crippen molar-refractivity contribution in [2.45, 2.75) is 25.1 Å². The Kier molecular flexibility index (Phi) is 4.00. The summed E-state index contributed by atoms with van der Waals surface area (Å²) >= 11 is 0. The molecule has 3 aliphatic rings. The lowest BCUT2D eigenvalue weighted by molar-refractivity contribution is -0.133. The van der Waals surface area contributed by atoms with Crippen molar-refractivity contribution in [2.24, 2.45) is 0 Å². The van der Waals surface area contributed by atoms with Crippen molar-refractivity contribution in [3.05, 3.63) is 30.5 Å². The van der Waals surface area contributed by atoms with E-state index in [1.165, 1.54) is 12.4 Å². The van der Waals surface area contributed by atoms with Crippen LogP contribution in [0, 0.1) is 0 Å². The number of hydrogen-bond donors (Lipinski definition) is 2. The number of rotatable bonds is 5. The molecule has 2 atom stereocenters. The SMILES string of the molecule is [NH2+]=C(/C=C\c1ncc(-c2cc(N3CC4CC(C3)O4)ncn2)[nH]1)C(F)F. The molecule has 0 saturated carbocycles. The molecule has 3 N–H and O–H groups in total. The Labute approximate surface area is 142 Å². The van der Waals surface area contributed by atoms with Crippen molar-refractivity contribution in [2.75, 3.05) is 18.0 Å². The van der Waals surface area contributed by atoms with Gasteiger partial charge in [-0.05, 0) is 6.08 Å². The van der Waals surface area contributed by atoms with Gasteiger partial charge < -0.3 is 14.6 Å². The zero-order valence-corrected chi connectivity index (χ0v) is 13.3. The van der Waals surface area contributed by atoms with Crippen LogP contribution in [0.2, 0.25) is 0 Å². The third-order valence-corrected chi connectivity index (χ3v) is 4.29. The van der Waals surface area contributed by atoms with E-state index in [1.54, 1.807) is 6.20 Å². The summed E-state index contributed by atoms with van der Waals surface area (Å²) in [6, 6.07) is 1.88. The molecule has 130 valence electrons. The summed E-state index contributed by atoms with van der Waals surface area (Å²) in [4.78, 5) is 17.9. The summed E-state index contributed by atoms with van der Waals surface area (Å²) in [6.07, 6.45) is 4.65. The summed E-state index contributed by atoms with van der Waals surface area (Å²) in [5.41, 5.74) is 0.855. The Hall–Kier alpha value is -2.68. The van der Waals surface area contributed by atoms with Gasteiger partial charge in [-0.15, -0.1) is 0 Å². The number of aromatic amines is 1. The first-order valence-electron chi connectivity index (χ1n) is 7.95. The first kappa shape index (κ1) is 15.8. The van der Waals surface area contributed by atoms with Gasteiger partial charge in [0.2, 0.25) is 5.71 Å². The molecule has 5 heterocycles. The molecule has 3 saturated heterocycles. The average Bonchev–Trinajstić information content (AvgIpc) is 3.08. The van der Waals surface area contributed by atoms with Crippen LogP contribution in [0.1, 0.15) is 12.2 Å². The molecule has 0 radical (unpaired) electrons. The number of alkyl halides is 2. The summed E-state index contributed by atoms with van der Waals surface area (Å²) < 4.78 is 30.4. The van der Waals surface area contributed by atoms with E-state index in [-0.39, 0.29) is 12.2 Å². The maximum Gasteiger partial charge on any atom is 0.320 e. The fourth-order valence-electron chi connectivity index (χ4n) is 3.01. The Morgan fingerprint density at radius 1 is 1.32 bits per heavy atom. The van der Waals surface area contributed by atoms with Gasteiger partial charge in [-0.25, -0.2) is 15.0 Å². The van der Waals surface area contributed by atoms with Gasteiger partial charge in [0.1, 0.15) is 18.0 Å². The fourth-order valence-corrected chi connectivity index (χ4v) is 3.01. The van der Waals surface area contributed by atoms with Gasteiger partial charge in [-0.2, -0.15) is 8.78 Å². The molecule has 0 spiro atoms. The highest BCUT2D eigenvalue weighted by Gasteiger charge is 2.38. The number of hydrogen-bond acceptors (Lipinski definition) is 5. The monoisotopic (exact) mass is 347 g/mol. The predicted octanol–water partition coefficient (Wildman–Crippen LogP) is 0.323. The zero-order valence-electron chi connectivity index (χ0n) is 13.3. The van der Waals surface area contributed by atoms with E-state index in [0.717, 1.165) is 31.4 Å². The van der Waals surface area contributed by atoms with E-state index >= 15 is 0 Å². The lowest BCUT2D eigenvalue weighted by Gasteiger charge is -2.47. The molecule has 2 aromatic heterocycles. The lowest BCUT2D eigenvalue weighted by atomic mass is 9.99. The van der Waals surface area contributed by atoms with E-state index in [2.05, 4.69) is 24.8 Å². The Morgan fingerprint density at radius 3 is 2.80 bits per heavy atom. The minimum atomic E-state index is -2.69. The van der Waals surface area contributed by atoms with Crippen LogP contribution < -0.4 is 10.3 Å². The molecule has 5 rings (SSSR count). The van der Waals surface area contributed by atoms with Crippen molar-refractivity contribution in [1.82, 2.24) is 19.9 Å². The van der Waals surface area contributed by atoms with Gasteiger partial charge >= 0.3 is 6.43 Å². The van der Waals surface area contributed by atoms with Crippen molar-refractivity contribution in [1.29, 1.82) is 0 Å². The second-order valence-electron chi connectivity index (χ2n) is 6.10. The maximum absolute atomic E-state index is 12.4. The van der Waals surface area contributed by atoms with Crippen LogP contribution in [0.4, 0.5) is 14.6 Å². The number of allylic oxidation sites excluding steroid dienone is 1. The molecule has 3 aliphatic heterocycles. The molecular weight excluding hydrogens is 330 g/mol. The number of morpholine rings is 1. The number of nitrogens with zero attached hydrogens (tertiary/aromatic N) is 4. The molecule has 3 fully saturated rings. The Morgan fingerprint density at radius 2 is 2.08 bits per heavy atom. The highest BCUT2D eigenvalue weighted by Crippen LogP contribution is 2.31. The highest BCUT2D eigenvalue weighted by atomic mass is 19.3. The summed E-state index contributed by atoms with van der Waals surface area (Å²) in [5, 5.41) is 5.20. The van der Waals surface area contributed by atoms with E-state index < -0.39 is 12.1 Å².